The van der Waals surface area contributed by atoms with Gasteiger partial charge >= 0.3 is 6.03 Å². The van der Waals surface area contributed by atoms with Gasteiger partial charge in [-0.1, -0.05) is 0 Å². The first-order valence-corrected chi connectivity index (χ1v) is 7.52. The summed E-state index contributed by atoms with van der Waals surface area (Å²) in [5, 5.41) is 4.93. The molecule has 4 N–H and O–H groups in total. The van der Waals surface area contributed by atoms with E-state index >= 15 is 0 Å². The topological polar surface area (TPSA) is 105 Å². The van der Waals surface area contributed by atoms with E-state index in [2.05, 4.69) is 10.6 Å². The summed E-state index contributed by atoms with van der Waals surface area (Å²) in [6.45, 7) is 2.74. The molecule has 1 spiro atoms. The summed E-state index contributed by atoms with van der Waals surface area (Å²) < 4.78 is 0. The molecule has 0 aromatic carbocycles. The Hall–Kier alpha value is -2.09. The molecular weight excluding hydrogens is 292 g/mol. The van der Waals surface area contributed by atoms with Crippen LogP contribution in [0, 0.1) is 6.92 Å². The van der Waals surface area contributed by atoms with Gasteiger partial charge in [-0.2, -0.15) is 0 Å². The molecule has 112 valence electrons. The van der Waals surface area contributed by atoms with Gasteiger partial charge < -0.3 is 16.0 Å². The first-order valence-electron chi connectivity index (χ1n) is 6.70. The Morgan fingerprint density at radius 2 is 2.05 bits per heavy atom. The molecule has 21 heavy (non-hydrogen) atoms. The molecule has 2 aliphatic heterocycles. The molecular formula is C13H16N4O3S. The smallest absolute Gasteiger partial charge is 0.322 e. The summed E-state index contributed by atoms with van der Waals surface area (Å²) in [4.78, 5) is 38.8. The number of piperidine rings is 1. The van der Waals surface area contributed by atoms with Crippen LogP contribution in [0.25, 0.3) is 0 Å². The van der Waals surface area contributed by atoms with Crippen molar-refractivity contribution in [3.63, 3.8) is 0 Å². The van der Waals surface area contributed by atoms with E-state index in [1.54, 1.807) is 11.0 Å². The number of urea groups is 1. The molecule has 2 fully saturated rings. The maximum atomic E-state index is 12.4. The molecule has 1 aromatic rings. The van der Waals surface area contributed by atoms with Crippen molar-refractivity contribution < 1.29 is 14.4 Å². The Morgan fingerprint density at radius 3 is 2.52 bits per heavy atom. The number of amides is 4. The highest BCUT2D eigenvalue weighted by atomic mass is 32.1. The minimum absolute atomic E-state index is 0.0700. The first kappa shape index (κ1) is 13.9. The van der Waals surface area contributed by atoms with Crippen molar-refractivity contribution in [2.24, 2.45) is 0 Å². The monoisotopic (exact) mass is 308 g/mol. The quantitative estimate of drug-likeness (QED) is 0.655. The van der Waals surface area contributed by atoms with Crippen molar-refractivity contribution in [2.75, 3.05) is 18.8 Å². The van der Waals surface area contributed by atoms with Crippen LogP contribution >= 0.6 is 11.3 Å². The van der Waals surface area contributed by atoms with E-state index in [9.17, 15) is 14.4 Å². The fourth-order valence-corrected chi connectivity index (χ4v) is 3.64. The fraction of sp³-hybridized carbons (Fsp3) is 0.462. The highest BCUT2D eigenvalue weighted by Crippen LogP contribution is 2.29. The maximum absolute atomic E-state index is 12.4. The normalized spacial score (nSPS) is 20.5. The number of carbonyl (C=O) groups excluding carboxylic acids is 3. The van der Waals surface area contributed by atoms with Gasteiger partial charge in [0.25, 0.3) is 11.8 Å². The van der Waals surface area contributed by atoms with Gasteiger partial charge in [0.05, 0.1) is 4.88 Å². The first-order chi connectivity index (χ1) is 9.91. The number of anilines is 1. The van der Waals surface area contributed by atoms with Gasteiger partial charge in [0.15, 0.2) is 0 Å². The highest BCUT2D eigenvalue weighted by molar-refractivity contribution is 7.14. The SMILES string of the molecule is Cc1sc(C(=O)N2CCC3(CC2)NC(=O)NC3=O)cc1N. The van der Waals surface area contributed by atoms with Crippen molar-refractivity contribution in [3.8, 4) is 0 Å². The molecule has 2 aliphatic rings. The summed E-state index contributed by atoms with van der Waals surface area (Å²) in [5.74, 6) is -0.366. The van der Waals surface area contributed by atoms with Gasteiger partial charge in [0, 0.05) is 23.7 Å². The Balaban J connectivity index is 1.70. The molecule has 0 unspecified atom stereocenters. The summed E-state index contributed by atoms with van der Waals surface area (Å²) in [7, 11) is 0. The van der Waals surface area contributed by atoms with Gasteiger partial charge in [-0.15, -0.1) is 11.3 Å². The molecule has 0 bridgehead atoms. The average Bonchev–Trinajstić information content (AvgIpc) is 2.91. The third kappa shape index (κ3) is 2.25. The number of rotatable bonds is 1. The van der Waals surface area contributed by atoms with E-state index in [4.69, 9.17) is 5.73 Å². The summed E-state index contributed by atoms with van der Waals surface area (Å²) in [6.07, 6.45) is 0.853. The Kier molecular flexibility index (Phi) is 3.12. The Morgan fingerprint density at radius 1 is 1.38 bits per heavy atom. The van der Waals surface area contributed by atoms with Crippen molar-refractivity contribution in [3.05, 3.63) is 15.8 Å². The molecule has 3 heterocycles. The molecule has 0 aliphatic carbocycles. The number of nitrogens with zero attached hydrogens (tertiary/aromatic N) is 1. The van der Waals surface area contributed by atoms with Crippen LogP contribution in [0.5, 0.6) is 0 Å². The molecule has 7 nitrogen and oxygen atoms in total. The van der Waals surface area contributed by atoms with Crippen LogP contribution in [0.15, 0.2) is 6.07 Å². The largest absolute Gasteiger partial charge is 0.398 e. The summed E-state index contributed by atoms with van der Waals surface area (Å²) >= 11 is 1.38. The number of hydrogen-bond acceptors (Lipinski definition) is 5. The van der Waals surface area contributed by atoms with Crippen molar-refractivity contribution in [1.29, 1.82) is 0 Å². The number of likely N-dealkylation sites (tertiary alicyclic amines) is 1. The molecule has 4 amide bonds. The second-order valence-corrected chi connectivity index (χ2v) is 6.66. The molecule has 8 heteroatoms. The third-order valence-electron chi connectivity index (χ3n) is 4.09. The predicted molar refractivity (Wildman–Crippen MR) is 78.0 cm³/mol. The van der Waals surface area contributed by atoms with Crippen LogP contribution in [0.4, 0.5) is 10.5 Å². The highest BCUT2D eigenvalue weighted by Gasteiger charge is 2.48. The van der Waals surface area contributed by atoms with Crippen molar-refractivity contribution in [1.82, 2.24) is 15.5 Å². The number of nitrogen functional groups attached to an aromatic ring is 1. The average molecular weight is 308 g/mol. The number of nitrogens with two attached hydrogens (primary N) is 1. The van der Waals surface area contributed by atoms with Crippen molar-refractivity contribution >= 4 is 34.9 Å². The minimum Gasteiger partial charge on any atom is -0.398 e. The van der Waals surface area contributed by atoms with E-state index in [0.29, 0.717) is 36.5 Å². The molecule has 0 saturated carbocycles. The maximum Gasteiger partial charge on any atom is 0.322 e. The standard InChI is InChI=1S/C13H16N4O3S/c1-7-8(14)6-9(21-7)10(18)17-4-2-13(3-5-17)11(19)15-12(20)16-13/h6H,2-5,14H2,1H3,(H2,15,16,19,20). The van der Waals surface area contributed by atoms with Gasteiger partial charge in [-0.25, -0.2) is 4.79 Å². The molecule has 2 saturated heterocycles. The van der Waals surface area contributed by atoms with Crippen molar-refractivity contribution in [2.45, 2.75) is 25.3 Å². The van der Waals surface area contributed by atoms with Crippen LogP contribution < -0.4 is 16.4 Å². The van der Waals surface area contributed by atoms with Crippen LogP contribution in [0.3, 0.4) is 0 Å². The lowest BCUT2D eigenvalue weighted by Gasteiger charge is -2.36. The lowest BCUT2D eigenvalue weighted by molar-refractivity contribution is -0.125. The molecule has 3 rings (SSSR count). The zero-order valence-electron chi connectivity index (χ0n) is 11.6. The van der Waals surface area contributed by atoms with Gasteiger partial charge in [-0.3, -0.25) is 14.9 Å². The van der Waals surface area contributed by atoms with Crippen LogP contribution in [-0.4, -0.2) is 41.4 Å². The van der Waals surface area contributed by atoms with Crippen LogP contribution in [0.1, 0.15) is 27.4 Å². The van der Waals surface area contributed by atoms with Gasteiger partial charge in [-0.05, 0) is 25.8 Å². The number of thiophene rings is 1. The fourth-order valence-electron chi connectivity index (χ4n) is 2.73. The summed E-state index contributed by atoms with van der Waals surface area (Å²) in [6, 6.07) is 1.23. The zero-order chi connectivity index (χ0) is 15.2. The number of aryl methyl sites for hydroxylation is 1. The van der Waals surface area contributed by atoms with Gasteiger partial charge in [0.2, 0.25) is 0 Å². The summed E-state index contributed by atoms with van der Waals surface area (Å²) in [5.41, 5.74) is 5.55. The second-order valence-electron chi connectivity index (χ2n) is 5.40. The van der Waals surface area contributed by atoms with Crippen LogP contribution in [-0.2, 0) is 4.79 Å². The van der Waals surface area contributed by atoms with E-state index < -0.39 is 11.6 Å². The van der Waals surface area contributed by atoms with E-state index in [0.717, 1.165) is 4.88 Å². The molecule has 1 aromatic heterocycles. The second kappa shape index (κ2) is 4.73. The Bertz CT molecular complexity index is 612. The lowest BCUT2D eigenvalue weighted by atomic mass is 9.87. The lowest BCUT2D eigenvalue weighted by Crippen LogP contribution is -2.55. The number of imide groups is 1. The van der Waals surface area contributed by atoms with E-state index in [1.807, 2.05) is 6.92 Å². The Labute approximate surface area is 125 Å². The van der Waals surface area contributed by atoms with E-state index in [-0.39, 0.29) is 11.8 Å². The number of hydrogen-bond donors (Lipinski definition) is 3. The number of carbonyl (C=O) groups is 3. The predicted octanol–water partition coefficient (Wildman–Crippen LogP) is 0.453. The molecule has 0 radical (unpaired) electrons. The van der Waals surface area contributed by atoms with Crippen LogP contribution in [0.2, 0.25) is 0 Å². The number of nitrogens with one attached hydrogen (secondary N) is 2. The zero-order valence-corrected chi connectivity index (χ0v) is 12.4. The molecule has 0 atom stereocenters. The minimum atomic E-state index is -0.849. The van der Waals surface area contributed by atoms with E-state index in [1.165, 1.54) is 11.3 Å². The van der Waals surface area contributed by atoms with Gasteiger partial charge in [0.1, 0.15) is 5.54 Å². The third-order valence-corrected chi connectivity index (χ3v) is 5.14.